The van der Waals surface area contributed by atoms with Gasteiger partial charge in [-0.2, -0.15) is 0 Å². The summed E-state index contributed by atoms with van der Waals surface area (Å²) >= 11 is 0. The van der Waals surface area contributed by atoms with Crippen molar-refractivity contribution in [3.05, 3.63) is 48.2 Å². The maximum absolute atomic E-state index is 12.3. The number of rotatable bonds is 4. The predicted molar refractivity (Wildman–Crippen MR) is 112 cm³/mol. The van der Waals surface area contributed by atoms with E-state index in [0.29, 0.717) is 11.4 Å². The minimum Gasteiger partial charge on any atom is -0.372 e. The van der Waals surface area contributed by atoms with Gasteiger partial charge in [0.1, 0.15) is 5.82 Å². The molecule has 1 aromatic carbocycles. The van der Waals surface area contributed by atoms with Crippen LogP contribution in [0.5, 0.6) is 0 Å². The first-order valence-corrected chi connectivity index (χ1v) is 9.71. The van der Waals surface area contributed by atoms with E-state index in [0.717, 1.165) is 24.7 Å². The van der Waals surface area contributed by atoms with Crippen LogP contribution in [0.25, 0.3) is 0 Å². The molecule has 27 heavy (non-hydrogen) atoms. The fraction of sp³-hybridized carbons (Fsp3) is 0.455. The van der Waals surface area contributed by atoms with Crippen molar-refractivity contribution in [3.8, 4) is 0 Å². The van der Waals surface area contributed by atoms with Gasteiger partial charge in [0.15, 0.2) is 0 Å². The van der Waals surface area contributed by atoms with Gasteiger partial charge in [-0.1, -0.05) is 6.92 Å². The average molecular weight is 367 g/mol. The molecule has 0 aliphatic carbocycles. The predicted octanol–water partition coefficient (Wildman–Crippen LogP) is 4.59. The highest BCUT2D eigenvalue weighted by atomic mass is 16.1. The van der Waals surface area contributed by atoms with Crippen molar-refractivity contribution >= 4 is 23.1 Å². The van der Waals surface area contributed by atoms with E-state index < -0.39 is 0 Å². The van der Waals surface area contributed by atoms with E-state index >= 15 is 0 Å². The van der Waals surface area contributed by atoms with Gasteiger partial charge in [0.2, 0.25) is 0 Å². The average Bonchev–Trinajstić information content (AvgIpc) is 2.62. The highest BCUT2D eigenvalue weighted by Crippen LogP contribution is 2.25. The van der Waals surface area contributed by atoms with E-state index in [1.54, 1.807) is 18.3 Å². The summed E-state index contributed by atoms with van der Waals surface area (Å²) in [4.78, 5) is 19.1. The number of carbonyl (C=O) groups excluding carboxylic acids is 1. The monoisotopic (exact) mass is 366 g/mol. The van der Waals surface area contributed by atoms with Crippen molar-refractivity contribution in [2.45, 2.75) is 46.1 Å². The molecule has 144 valence electrons. The highest BCUT2D eigenvalue weighted by Gasteiger charge is 2.17. The van der Waals surface area contributed by atoms with Crippen molar-refractivity contribution < 1.29 is 4.79 Å². The summed E-state index contributed by atoms with van der Waals surface area (Å²) in [5, 5.41) is 6.26. The summed E-state index contributed by atoms with van der Waals surface area (Å²) in [7, 11) is 0. The zero-order valence-corrected chi connectivity index (χ0v) is 16.7. The second-order valence-electron chi connectivity index (χ2n) is 8.48. The molecule has 1 amide bonds. The van der Waals surface area contributed by atoms with Gasteiger partial charge in [-0.25, -0.2) is 4.98 Å². The van der Waals surface area contributed by atoms with Crippen LogP contribution in [0.15, 0.2) is 42.6 Å². The molecule has 0 spiro atoms. The number of carbonyl (C=O) groups is 1. The summed E-state index contributed by atoms with van der Waals surface area (Å²) in [6.45, 7) is 10.5. The molecule has 0 bridgehead atoms. The third-order valence-corrected chi connectivity index (χ3v) is 4.80. The Kier molecular flexibility index (Phi) is 5.68. The normalized spacial score (nSPS) is 15.5. The van der Waals surface area contributed by atoms with Crippen LogP contribution in [0.1, 0.15) is 50.9 Å². The van der Waals surface area contributed by atoms with E-state index in [1.807, 2.05) is 20.8 Å². The van der Waals surface area contributed by atoms with E-state index in [2.05, 4.69) is 51.7 Å². The molecule has 5 nitrogen and oxygen atoms in total. The number of hydrogen-bond acceptors (Lipinski definition) is 4. The maximum Gasteiger partial charge on any atom is 0.251 e. The maximum atomic E-state index is 12.3. The standard InChI is InChI=1S/C22H30N4O/c1-16-10-13-26(14-11-16)19-7-5-18(6-8-19)24-20-15-17(9-12-23-20)21(27)25-22(2,3)4/h5-9,12,15-16H,10-11,13-14H2,1-4H3,(H,23,24)(H,25,27). The lowest BCUT2D eigenvalue weighted by molar-refractivity contribution is 0.0919. The van der Waals surface area contributed by atoms with E-state index in [-0.39, 0.29) is 11.4 Å². The number of benzene rings is 1. The highest BCUT2D eigenvalue weighted by molar-refractivity contribution is 5.95. The number of pyridine rings is 1. The quantitative estimate of drug-likeness (QED) is 0.831. The minimum absolute atomic E-state index is 0.0948. The number of aromatic nitrogens is 1. The van der Waals surface area contributed by atoms with Gasteiger partial charge in [0, 0.05) is 41.8 Å². The number of nitrogens with one attached hydrogen (secondary N) is 2. The molecule has 0 radical (unpaired) electrons. The minimum atomic E-state index is -0.268. The Morgan fingerprint density at radius 2 is 1.78 bits per heavy atom. The lowest BCUT2D eigenvalue weighted by Crippen LogP contribution is -2.40. The molecule has 1 aromatic heterocycles. The number of anilines is 3. The summed E-state index contributed by atoms with van der Waals surface area (Å²) in [5.74, 6) is 1.40. The summed E-state index contributed by atoms with van der Waals surface area (Å²) in [6.07, 6.45) is 4.17. The van der Waals surface area contributed by atoms with Gasteiger partial charge < -0.3 is 15.5 Å². The summed E-state index contributed by atoms with van der Waals surface area (Å²) in [5.41, 5.74) is 2.56. The van der Waals surface area contributed by atoms with Crippen LogP contribution in [0, 0.1) is 5.92 Å². The molecule has 1 saturated heterocycles. The molecule has 2 heterocycles. The third-order valence-electron chi connectivity index (χ3n) is 4.80. The number of hydrogen-bond donors (Lipinski definition) is 2. The van der Waals surface area contributed by atoms with E-state index in [9.17, 15) is 4.79 Å². The van der Waals surface area contributed by atoms with Crippen molar-refractivity contribution in [2.24, 2.45) is 5.92 Å². The second kappa shape index (κ2) is 7.99. The second-order valence-corrected chi connectivity index (χ2v) is 8.48. The Hall–Kier alpha value is -2.56. The van der Waals surface area contributed by atoms with Crippen LogP contribution in [-0.4, -0.2) is 29.5 Å². The van der Waals surface area contributed by atoms with Crippen molar-refractivity contribution in [1.82, 2.24) is 10.3 Å². The molecular formula is C22H30N4O. The SMILES string of the molecule is CC1CCN(c2ccc(Nc3cc(C(=O)NC(C)(C)C)ccn3)cc2)CC1. The lowest BCUT2D eigenvalue weighted by atomic mass is 9.99. The molecule has 0 atom stereocenters. The molecule has 1 fully saturated rings. The van der Waals surface area contributed by atoms with Crippen LogP contribution in [0.2, 0.25) is 0 Å². The van der Waals surface area contributed by atoms with Gasteiger partial charge in [0.05, 0.1) is 0 Å². The Bertz CT molecular complexity index is 772. The van der Waals surface area contributed by atoms with Gasteiger partial charge >= 0.3 is 0 Å². The van der Waals surface area contributed by atoms with Crippen molar-refractivity contribution in [1.29, 1.82) is 0 Å². The number of nitrogens with zero attached hydrogens (tertiary/aromatic N) is 2. The van der Waals surface area contributed by atoms with Crippen LogP contribution in [0.3, 0.4) is 0 Å². The number of piperidine rings is 1. The zero-order chi connectivity index (χ0) is 19.4. The summed E-state index contributed by atoms with van der Waals surface area (Å²) in [6, 6.07) is 11.9. The third kappa shape index (κ3) is 5.46. The fourth-order valence-corrected chi connectivity index (χ4v) is 3.22. The molecular weight excluding hydrogens is 336 g/mol. The molecule has 2 N–H and O–H groups in total. The first kappa shape index (κ1) is 19.2. The lowest BCUT2D eigenvalue weighted by Gasteiger charge is -2.32. The largest absolute Gasteiger partial charge is 0.372 e. The molecule has 5 heteroatoms. The number of amides is 1. The van der Waals surface area contributed by atoms with Gasteiger partial charge in [-0.15, -0.1) is 0 Å². The van der Waals surface area contributed by atoms with Gasteiger partial charge in [-0.3, -0.25) is 4.79 Å². The smallest absolute Gasteiger partial charge is 0.251 e. The Labute approximate surface area is 162 Å². The van der Waals surface area contributed by atoms with E-state index in [4.69, 9.17) is 0 Å². The van der Waals surface area contributed by atoms with Crippen LogP contribution < -0.4 is 15.5 Å². The molecule has 0 saturated carbocycles. The van der Waals surface area contributed by atoms with Gasteiger partial charge in [-0.05, 0) is 75.9 Å². The van der Waals surface area contributed by atoms with Crippen LogP contribution in [0.4, 0.5) is 17.2 Å². The molecule has 1 aliphatic rings. The molecule has 1 aliphatic heterocycles. The Morgan fingerprint density at radius 1 is 1.11 bits per heavy atom. The van der Waals surface area contributed by atoms with Crippen LogP contribution in [-0.2, 0) is 0 Å². The summed E-state index contributed by atoms with van der Waals surface area (Å²) < 4.78 is 0. The topological polar surface area (TPSA) is 57.3 Å². The Morgan fingerprint density at radius 3 is 2.41 bits per heavy atom. The van der Waals surface area contributed by atoms with E-state index in [1.165, 1.54) is 18.5 Å². The Balaban J connectivity index is 1.65. The molecule has 2 aromatic rings. The first-order valence-electron chi connectivity index (χ1n) is 9.71. The van der Waals surface area contributed by atoms with Crippen LogP contribution >= 0.6 is 0 Å². The molecule has 3 rings (SSSR count). The van der Waals surface area contributed by atoms with Crippen molar-refractivity contribution in [3.63, 3.8) is 0 Å². The zero-order valence-electron chi connectivity index (χ0n) is 16.7. The fourth-order valence-electron chi connectivity index (χ4n) is 3.22. The molecule has 0 unspecified atom stereocenters. The van der Waals surface area contributed by atoms with Crippen molar-refractivity contribution in [2.75, 3.05) is 23.3 Å². The first-order chi connectivity index (χ1) is 12.8. The van der Waals surface area contributed by atoms with Gasteiger partial charge in [0.25, 0.3) is 5.91 Å².